The maximum absolute atomic E-state index is 2.64. The molecule has 10 rings (SSSR count). The molecule has 1 nitrogen and oxygen atoms in total. The van der Waals surface area contributed by atoms with E-state index in [9.17, 15) is 0 Å². The minimum Gasteiger partial charge on any atom is -1.00 e. The van der Waals surface area contributed by atoms with Gasteiger partial charge in [0, 0.05) is 19.8 Å². The van der Waals surface area contributed by atoms with Crippen LogP contribution in [0.1, 0.15) is 77.0 Å². The molecule has 8 aliphatic rings. The van der Waals surface area contributed by atoms with Crippen molar-refractivity contribution >= 4 is 18.9 Å². The monoisotopic (exact) mass is 729 g/mol. The molecule has 8 bridgehead atoms. The number of nitrogens with zero attached hydrogens (tertiary/aromatic N) is 1. The van der Waals surface area contributed by atoms with Gasteiger partial charge in [0.2, 0.25) is 0 Å². The SMILES string of the molecule is CN(C)c1cccc(-c2ccccc2P(C23CC4CC(CC(C4)C2)C3)C23CC4CC(CC(C4)C2)C3)c1.[Au+].[Cl-]. The van der Waals surface area contributed by atoms with E-state index in [-0.39, 0.29) is 42.7 Å². The van der Waals surface area contributed by atoms with Crippen LogP contribution in [-0.2, 0) is 22.4 Å². The van der Waals surface area contributed by atoms with E-state index in [4.69, 9.17) is 0 Å². The summed E-state index contributed by atoms with van der Waals surface area (Å²) in [5.41, 5.74) is 4.37. The normalized spacial score (nSPS) is 40.4. The molecule has 38 heavy (non-hydrogen) atoms. The summed E-state index contributed by atoms with van der Waals surface area (Å²) in [6, 6.07) is 19.3. The molecule has 0 saturated heterocycles. The molecule has 0 amide bonds. The van der Waals surface area contributed by atoms with Crippen molar-refractivity contribution in [2.45, 2.75) is 87.4 Å². The van der Waals surface area contributed by atoms with Crippen LogP contribution in [0, 0.1) is 35.5 Å². The zero-order chi connectivity index (χ0) is 24.1. The molecule has 0 aliphatic heterocycles. The Hall–Kier alpha value is -0.300. The summed E-state index contributed by atoms with van der Waals surface area (Å²) in [7, 11) is 4.18. The van der Waals surface area contributed by atoms with Crippen molar-refractivity contribution in [2.24, 2.45) is 35.5 Å². The predicted molar refractivity (Wildman–Crippen MR) is 155 cm³/mol. The Bertz CT molecular complexity index is 1060. The quantitative estimate of drug-likeness (QED) is 0.292. The van der Waals surface area contributed by atoms with Crippen molar-refractivity contribution < 1.29 is 34.8 Å². The van der Waals surface area contributed by atoms with Gasteiger partial charge in [-0.2, -0.15) is 0 Å². The van der Waals surface area contributed by atoms with Crippen molar-refractivity contribution in [3.05, 3.63) is 48.5 Å². The molecule has 0 atom stereocenters. The first-order chi connectivity index (χ1) is 17.5. The van der Waals surface area contributed by atoms with E-state index < -0.39 is 0 Å². The van der Waals surface area contributed by atoms with Crippen LogP contribution in [0.4, 0.5) is 5.69 Å². The van der Waals surface area contributed by atoms with E-state index in [2.05, 4.69) is 67.5 Å². The zero-order valence-electron chi connectivity index (χ0n) is 23.1. The van der Waals surface area contributed by atoms with Gasteiger partial charge in [-0.3, -0.25) is 0 Å². The Morgan fingerprint density at radius 3 is 1.53 bits per heavy atom. The third kappa shape index (κ3) is 4.41. The van der Waals surface area contributed by atoms with Crippen LogP contribution in [0.3, 0.4) is 0 Å². The third-order valence-electron chi connectivity index (χ3n) is 11.8. The van der Waals surface area contributed by atoms with Gasteiger partial charge in [-0.25, -0.2) is 0 Å². The molecule has 2 aromatic rings. The van der Waals surface area contributed by atoms with Gasteiger partial charge >= 0.3 is 22.4 Å². The van der Waals surface area contributed by atoms with Crippen molar-refractivity contribution in [3.63, 3.8) is 0 Å². The molecule has 0 unspecified atom stereocenters. The number of hydrogen-bond donors (Lipinski definition) is 0. The summed E-state index contributed by atoms with van der Waals surface area (Å²) in [6.07, 6.45) is 18.8. The molecule has 2 aromatic carbocycles. The molecule has 0 aromatic heterocycles. The van der Waals surface area contributed by atoms with Crippen LogP contribution >= 0.6 is 7.92 Å². The fourth-order valence-corrected chi connectivity index (χ4v) is 16.9. The Kier molecular flexibility index (Phi) is 7.48. The number of rotatable bonds is 5. The zero-order valence-corrected chi connectivity index (χ0v) is 27.0. The van der Waals surface area contributed by atoms with Gasteiger partial charge in [-0.05, 0) is 151 Å². The summed E-state index contributed by atoms with van der Waals surface area (Å²) in [5.74, 6) is 6.25. The molecule has 208 valence electrons. The second-order valence-electron chi connectivity index (χ2n) is 14.6. The molecule has 8 fully saturated rings. The van der Waals surface area contributed by atoms with Gasteiger partial charge in [-0.15, -0.1) is 0 Å². The summed E-state index contributed by atoms with van der Waals surface area (Å²) in [6.45, 7) is 0. The predicted octanol–water partition coefficient (Wildman–Crippen LogP) is 5.47. The molecular formula is C34H44AuClNP. The summed E-state index contributed by atoms with van der Waals surface area (Å²) < 4.78 is 0. The second kappa shape index (κ2) is 10.2. The van der Waals surface area contributed by atoms with Crippen LogP contribution in [0.5, 0.6) is 0 Å². The van der Waals surface area contributed by atoms with E-state index in [1.807, 2.05) is 5.30 Å². The van der Waals surface area contributed by atoms with Crippen LogP contribution < -0.4 is 22.6 Å². The summed E-state index contributed by atoms with van der Waals surface area (Å²) in [5, 5.41) is 3.07. The Morgan fingerprint density at radius 2 is 1.08 bits per heavy atom. The van der Waals surface area contributed by atoms with Gasteiger partial charge in [0.05, 0.1) is 0 Å². The van der Waals surface area contributed by atoms with E-state index in [1.54, 1.807) is 82.6 Å². The molecule has 0 radical (unpaired) electrons. The van der Waals surface area contributed by atoms with Crippen molar-refractivity contribution in [3.8, 4) is 11.1 Å². The Balaban J connectivity index is 0.00000132. The van der Waals surface area contributed by atoms with Gasteiger partial charge in [0.15, 0.2) is 0 Å². The number of benzene rings is 2. The van der Waals surface area contributed by atoms with Gasteiger partial charge in [0.25, 0.3) is 0 Å². The number of halogens is 1. The van der Waals surface area contributed by atoms with Crippen molar-refractivity contribution in [1.82, 2.24) is 0 Å². The molecule has 0 heterocycles. The van der Waals surface area contributed by atoms with Crippen LogP contribution in [0.25, 0.3) is 11.1 Å². The minimum absolute atomic E-state index is 0. The van der Waals surface area contributed by atoms with E-state index in [1.165, 1.54) is 11.3 Å². The van der Waals surface area contributed by atoms with E-state index in [0.29, 0.717) is 10.3 Å². The fraction of sp³-hybridized carbons (Fsp3) is 0.647. The number of hydrogen-bond acceptors (Lipinski definition) is 1. The maximum atomic E-state index is 2.64. The molecule has 0 N–H and O–H groups in total. The Labute approximate surface area is 254 Å². The first-order valence-electron chi connectivity index (χ1n) is 15.2. The first-order valence-corrected chi connectivity index (χ1v) is 16.5. The van der Waals surface area contributed by atoms with Crippen LogP contribution in [0.15, 0.2) is 48.5 Å². The van der Waals surface area contributed by atoms with Crippen LogP contribution in [-0.4, -0.2) is 24.4 Å². The fourth-order valence-electron chi connectivity index (χ4n) is 11.6. The number of anilines is 1. The average Bonchev–Trinajstić information content (AvgIpc) is 2.82. The molecular weight excluding hydrogens is 686 g/mol. The van der Waals surface area contributed by atoms with Gasteiger partial charge < -0.3 is 17.3 Å². The minimum atomic E-state index is -0.187. The standard InChI is InChI=1S/C34H44NP.Au.ClH/c1-35(2)30-7-5-6-29(16-30)31-8-3-4-9-32(31)36(33-17-23-10-24(18-33)12-25(11-23)19-33)34-20-26-13-27(21-34)15-28(14-26)22-34;;/h3-9,16,23-28H,10-15,17-22H2,1-2H3;;1H/q;+1;/p-1. The summed E-state index contributed by atoms with van der Waals surface area (Å²) >= 11 is 0. The molecule has 4 heteroatoms. The van der Waals surface area contributed by atoms with Gasteiger partial charge in [0.1, 0.15) is 0 Å². The van der Waals surface area contributed by atoms with E-state index >= 15 is 0 Å². The molecule has 8 aliphatic carbocycles. The summed E-state index contributed by atoms with van der Waals surface area (Å²) in [4.78, 5) is 2.27. The molecule has 8 saturated carbocycles. The smallest absolute Gasteiger partial charge is 1.00 e. The van der Waals surface area contributed by atoms with Gasteiger partial charge in [-0.1, -0.05) is 44.3 Å². The average molecular weight is 730 g/mol. The maximum Gasteiger partial charge on any atom is 1.00 e. The van der Waals surface area contributed by atoms with E-state index in [0.717, 1.165) is 35.5 Å². The molecule has 0 spiro atoms. The second-order valence-corrected chi connectivity index (χ2v) is 17.6. The third-order valence-corrected chi connectivity index (χ3v) is 15.6. The van der Waals surface area contributed by atoms with Crippen molar-refractivity contribution in [2.75, 3.05) is 19.0 Å². The largest absolute Gasteiger partial charge is 1.00 e. The van der Waals surface area contributed by atoms with Crippen molar-refractivity contribution in [1.29, 1.82) is 0 Å². The first kappa shape index (κ1) is 27.8. The van der Waals surface area contributed by atoms with Crippen LogP contribution in [0.2, 0.25) is 0 Å². The topological polar surface area (TPSA) is 3.24 Å². The Morgan fingerprint density at radius 1 is 0.632 bits per heavy atom.